The van der Waals surface area contributed by atoms with Gasteiger partial charge in [-0.25, -0.2) is 4.68 Å². The average Bonchev–Trinajstić information content (AvgIpc) is 2.57. The number of hydrogen-bond donors (Lipinski definition) is 1. The van der Waals surface area contributed by atoms with E-state index < -0.39 is 0 Å². The maximum absolute atomic E-state index is 6.09. The molecule has 0 spiro atoms. The van der Waals surface area contributed by atoms with Gasteiger partial charge < -0.3 is 5.73 Å². The number of nitrogens with two attached hydrogens (primary N) is 1. The molecule has 96 valence electrons. The number of nitrogens with zero attached hydrogens (tertiary/aromatic N) is 3. The summed E-state index contributed by atoms with van der Waals surface area (Å²) in [5.41, 5.74) is 8.16. The summed E-state index contributed by atoms with van der Waals surface area (Å²) in [6, 6.07) is 3.77. The second-order valence-electron chi connectivity index (χ2n) is 5.50. The minimum absolute atomic E-state index is 0.173. The van der Waals surface area contributed by atoms with Crippen molar-refractivity contribution in [3.05, 3.63) is 34.7 Å². The molecule has 0 radical (unpaired) electrons. The highest BCUT2D eigenvalue weighted by molar-refractivity contribution is 9.10. The van der Waals surface area contributed by atoms with Gasteiger partial charge in [0.25, 0.3) is 0 Å². The molecule has 2 aromatic rings. The smallest absolute Gasteiger partial charge is 0.141 e. The van der Waals surface area contributed by atoms with Gasteiger partial charge in [-0.05, 0) is 39.9 Å². The molecule has 0 saturated heterocycles. The number of halogens is 1. The fourth-order valence-corrected chi connectivity index (χ4v) is 2.14. The molecule has 2 rings (SSSR count). The van der Waals surface area contributed by atoms with Crippen LogP contribution < -0.4 is 5.73 Å². The molecular weight excluding hydrogens is 292 g/mol. The first-order valence-corrected chi connectivity index (χ1v) is 6.61. The number of rotatable bonds is 2. The molecule has 0 aliphatic carbocycles. The number of hydrogen-bond acceptors (Lipinski definition) is 3. The molecule has 0 fully saturated rings. The topological polar surface area (TPSA) is 56.7 Å². The third-order valence-electron chi connectivity index (χ3n) is 2.53. The minimum Gasteiger partial charge on any atom is -0.383 e. The van der Waals surface area contributed by atoms with Crippen LogP contribution in [0.4, 0.5) is 5.82 Å². The summed E-state index contributed by atoms with van der Waals surface area (Å²) in [5.74, 6) is 0.625. The summed E-state index contributed by atoms with van der Waals surface area (Å²) < 4.78 is 2.63. The Morgan fingerprint density at radius 1 is 1.28 bits per heavy atom. The van der Waals surface area contributed by atoms with Crippen molar-refractivity contribution in [2.75, 3.05) is 5.73 Å². The zero-order valence-electron chi connectivity index (χ0n) is 10.8. The molecule has 4 nitrogen and oxygen atoms in total. The van der Waals surface area contributed by atoms with E-state index >= 15 is 0 Å². The number of pyridine rings is 1. The van der Waals surface area contributed by atoms with Crippen LogP contribution in [0, 0.1) is 5.41 Å². The van der Waals surface area contributed by atoms with Gasteiger partial charge >= 0.3 is 0 Å². The minimum atomic E-state index is 0.173. The van der Waals surface area contributed by atoms with Gasteiger partial charge in [-0.15, -0.1) is 0 Å². The van der Waals surface area contributed by atoms with E-state index in [0.29, 0.717) is 5.82 Å². The van der Waals surface area contributed by atoms with Gasteiger partial charge in [0.2, 0.25) is 0 Å². The zero-order chi connectivity index (χ0) is 13.3. The lowest BCUT2D eigenvalue weighted by atomic mass is 9.91. The normalized spacial score (nSPS) is 11.8. The number of nitrogen functional groups attached to an aromatic ring is 1. The lowest BCUT2D eigenvalue weighted by Crippen LogP contribution is -2.10. The maximum atomic E-state index is 6.09. The Hall–Kier alpha value is -1.36. The molecule has 2 heterocycles. The summed E-state index contributed by atoms with van der Waals surface area (Å²) in [4.78, 5) is 4.00. The van der Waals surface area contributed by atoms with Crippen LogP contribution in [0.25, 0.3) is 5.69 Å². The van der Waals surface area contributed by atoms with Crippen molar-refractivity contribution in [1.82, 2.24) is 14.8 Å². The van der Waals surface area contributed by atoms with Gasteiger partial charge in [-0.3, -0.25) is 4.98 Å². The Morgan fingerprint density at radius 2 is 1.89 bits per heavy atom. The molecule has 2 aromatic heterocycles. The lowest BCUT2D eigenvalue weighted by Gasteiger charge is -2.16. The van der Waals surface area contributed by atoms with Crippen LogP contribution in [-0.2, 0) is 6.42 Å². The second-order valence-corrected chi connectivity index (χ2v) is 6.29. The van der Waals surface area contributed by atoms with Crippen molar-refractivity contribution < 1.29 is 0 Å². The molecule has 0 amide bonds. The summed E-state index contributed by atoms with van der Waals surface area (Å²) in [6.07, 6.45) is 4.33. The van der Waals surface area contributed by atoms with E-state index in [-0.39, 0.29) is 5.41 Å². The monoisotopic (exact) mass is 308 g/mol. The largest absolute Gasteiger partial charge is 0.383 e. The van der Waals surface area contributed by atoms with E-state index in [1.54, 1.807) is 17.1 Å². The Labute approximate surface area is 115 Å². The fraction of sp³-hybridized carbons (Fsp3) is 0.385. The lowest BCUT2D eigenvalue weighted by molar-refractivity contribution is 0.404. The van der Waals surface area contributed by atoms with Crippen LogP contribution in [0.15, 0.2) is 29.0 Å². The highest BCUT2D eigenvalue weighted by Crippen LogP contribution is 2.31. The summed E-state index contributed by atoms with van der Waals surface area (Å²) in [6.45, 7) is 6.54. The molecule has 0 saturated carbocycles. The first-order chi connectivity index (χ1) is 8.38. The van der Waals surface area contributed by atoms with Crippen molar-refractivity contribution in [3.63, 3.8) is 0 Å². The molecule has 2 N–H and O–H groups in total. The second kappa shape index (κ2) is 4.72. The molecule has 18 heavy (non-hydrogen) atoms. The zero-order valence-corrected chi connectivity index (χ0v) is 12.4. The van der Waals surface area contributed by atoms with Crippen LogP contribution >= 0.6 is 15.9 Å². The molecule has 5 heteroatoms. The van der Waals surface area contributed by atoms with Crippen LogP contribution in [0.5, 0.6) is 0 Å². The first-order valence-electron chi connectivity index (χ1n) is 5.82. The quantitative estimate of drug-likeness (QED) is 0.927. The SMILES string of the molecule is CC(C)(C)Cc1nn(-c2ccncc2)c(N)c1Br. The van der Waals surface area contributed by atoms with E-state index in [0.717, 1.165) is 22.3 Å². The standard InChI is InChI=1S/C13H17BrN4/c1-13(2,3)8-10-11(14)12(15)18(17-10)9-4-6-16-7-5-9/h4-7H,8,15H2,1-3H3. The van der Waals surface area contributed by atoms with Crippen LogP contribution in [0.1, 0.15) is 26.5 Å². The molecular formula is C13H17BrN4. The molecule has 0 bridgehead atoms. The Kier molecular flexibility index (Phi) is 3.43. The van der Waals surface area contributed by atoms with E-state index in [4.69, 9.17) is 5.73 Å². The third-order valence-corrected chi connectivity index (χ3v) is 3.40. The van der Waals surface area contributed by atoms with Gasteiger partial charge in [0, 0.05) is 12.4 Å². The average molecular weight is 309 g/mol. The van der Waals surface area contributed by atoms with Crippen molar-refractivity contribution in [2.45, 2.75) is 27.2 Å². The van der Waals surface area contributed by atoms with E-state index in [2.05, 4.69) is 46.8 Å². The number of anilines is 1. The predicted molar refractivity (Wildman–Crippen MR) is 76.6 cm³/mol. The van der Waals surface area contributed by atoms with Gasteiger partial charge in [0.1, 0.15) is 5.82 Å². The Morgan fingerprint density at radius 3 is 2.44 bits per heavy atom. The molecule has 0 aliphatic rings. The highest BCUT2D eigenvalue weighted by atomic mass is 79.9. The first kappa shape index (κ1) is 13.1. The molecule has 0 aromatic carbocycles. The van der Waals surface area contributed by atoms with Gasteiger partial charge in [0.05, 0.1) is 15.9 Å². The van der Waals surface area contributed by atoms with Crippen molar-refractivity contribution in [1.29, 1.82) is 0 Å². The summed E-state index contributed by atoms with van der Waals surface area (Å²) in [7, 11) is 0. The molecule has 0 aliphatic heterocycles. The van der Waals surface area contributed by atoms with Crippen LogP contribution in [0.2, 0.25) is 0 Å². The molecule has 0 unspecified atom stereocenters. The van der Waals surface area contributed by atoms with Crippen molar-refractivity contribution in [2.24, 2.45) is 5.41 Å². The van der Waals surface area contributed by atoms with Crippen molar-refractivity contribution >= 4 is 21.7 Å². The highest BCUT2D eigenvalue weighted by Gasteiger charge is 2.20. The summed E-state index contributed by atoms with van der Waals surface area (Å²) in [5, 5.41) is 4.58. The predicted octanol–water partition coefficient (Wildman–Crippen LogP) is 3.20. The third kappa shape index (κ3) is 2.72. The Balaban J connectivity index is 2.43. The fourth-order valence-electron chi connectivity index (χ4n) is 1.76. The summed E-state index contributed by atoms with van der Waals surface area (Å²) >= 11 is 3.53. The van der Waals surface area contributed by atoms with Crippen molar-refractivity contribution in [3.8, 4) is 5.69 Å². The van der Waals surface area contributed by atoms with E-state index in [9.17, 15) is 0 Å². The van der Waals surface area contributed by atoms with Gasteiger partial charge in [-0.2, -0.15) is 5.10 Å². The maximum Gasteiger partial charge on any atom is 0.141 e. The van der Waals surface area contributed by atoms with E-state index in [1.165, 1.54) is 0 Å². The molecule has 0 atom stereocenters. The van der Waals surface area contributed by atoms with Gasteiger partial charge in [0.15, 0.2) is 0 Å². The Bertz CT molecular complexity index is 540. The van der Waals surface area contributed by atoms with Crippen LogP contribution in [0.3, 0.4) is 0 Å². The van der Waals surface area contributed by atoms with Gasteiger partial charge in [-0.1, -0.05) is 20.8 Å². The van der Waals surface area contributed by atoms with E-state index in [1.807, 2.05) is 12.1 Å². The number of aromatic nitrogens is 3. The van der Waals surface area contributed by atoms with Crippen LogP contribution in [-0.4, -0.2) is 14.8 Å².